The number of halogens is 3. The summed E-state index contributed by atoms with van der Waals surface area (Å²) in [6.45, 7) is 2.32. The zero-order chi connectivity index (χ0) is 20.4. The van der Waals surface area contributed by atoms with Crippen LogP contribution in [0.5, 0.6) is 0 Å². The van der Waals surface area contributed by atoms with Crippen LogP contribution in [0, 0.1) is 5.82 Å². The normalized spacial score (nSPS) is 19.8. The van der Waals surface area contributed by atoms with E-state index in [2.05, 4.69) is 20.7 Å². The minimum Gasteiger partial charge on any atom is -0.456 e. The maximum Gasteiger partial charge on any atom is 0.308 e. The molecule has 0 saturated heterocycles. The third-order valence-electron chi connectivity index (χ3n) is 3.63. The largest absolute Gasteiger partial charge is 0.456 e. The van der Waals surface area contributed by atoms with Crippen LogP contribution in [0.4, 0.5) is 4.39 Å². The van der Waals surface area contributed by atoms with Crippen LogP contribution in [0.25, 0.3) is 0 Å². The van der Waals surface area contributed by atoms with Crippen molar-refractivity contribution in [2.45, 2.75) is 25.9 Å². The third-order valence-corrected chi connectivity index (χ3v) is 5.85. The number of Topliss-reactive ketones (excluding diaryl/α,β-unsaturated/α-hetero) is 1. The number of hydrogen-bond donors (Lipinski definition) is 1. The molecule has 0 radical (unpaired) electrons. The van der Waals surface area contributed by atoms with E-state index in [1.807, 2.05) is 0 Å². The molecule has 0 aromatic heterocycles. The van der Waals surface area contributed by atoms with Crippen molar-refractivity contribution in [2.75, 3.05) is 11.1 Å². The molecule has 7 nitrogen and oxygen atoms in total. The molecule has 0 fully saturated rings. The van der Waals surface area contributed by atoms with Crippen molar-refractivity contribution >= 4 is 49.3 Å². The van der Waals surface area contributed by atoms with Crippen molar-refractivity contribution < 1.29 is 31.9 Å². The van der Waals surface area contributed by atoms with Crippen LogP contribution in [0.15, 0.2) is 29.8 Å². The summed E-state index contributed by atoms with van der Waals surface area (Å²) in [6, 6.07) is 3.32. The molecule has 0 spiro atoms. The maximum atomic E-state index is 13.7. The average molecular weight is 485 g/mol. The number of carbonyl (C=O) groups is 2. The number of nitrogens with one attached hydrogen (secondary N) is 1. The minimum absolute atomic E-state index is 0.0258. The number of rotatable bonds is 7. The lowest BCUT2D eigenvalue weighted by Gasteiger charge is -2.24. The highest BCUT2D eigenvalue weighted by molar-refractivity contribution is 9.09. The number of ether oxygens (including phenoxy) is 2. The summed E-state index contributed by atoms with van der Waals surface area (Å²) in [6.07, 6.45) is 0.298. The molecule has 11 heteroatoms. The van der Waals surface area contributed by atoms with E-state index in [-0.39, 0.29) is 16.3 Å². The van der Waals surface area contributed by atoms with Gasteiger partial charge in [0.1, 0.15) is 5.82 Å². The van der Waals surface area contributed by atoms with Crippen LogP contribution in [0.1, 0.15) is 25.8 Å². The van der Waals surface area contributed by atoms with E-state index >= 15 is 0 Å². The molecule has 0 aliphatic carbocycles. The fourth-order valence-corrected chi connectivity index (χ4v) is 4.39. The quantitative estimate of drug-likeness (QED) is 0.472. The van der Waals surface area contributed by atoms with E-state index in [0.29, 0.717) is 11.8 Å². The van der Waals surface area contributed by atoms with E-state index in [1.54, 1.807) is 0 Å². The second-order valence-corrected chi connectivity index (χ2v) is 8.85. The highest BCUT2D eigenvalue weighted by Crippen LogP contribution is 2.41. The predicted molar refractivity (Wildman–Crippen MR) is 99.0 cm³/mol. The van der Waals surface area contributed by atoms with E-state index in [4.69, 9.17) is 21.1 Å². The van der Waals surface area contributed by atoms with Gasteiger partial charge in [-0.15, -0.1) is 0 Å². The first kappa shape index (κ1) is 21.6. The SMILES string of the molecule is CC(=O)OC1=C(NS(=O)(=O)CCCBr)OC(C)(c2cc(F)ccc2Cl)C1=O. The molecule has 1 aromatic carbocycles. The van der Waals surface area contributed by atoms with Crippen molar-refractivity contribution in [1.29, 1.82) is 0 Å². The highest BCUT2D eigenvalue weighted by atomic mass is 79.9. The predicted octanol–water partition coefficient (Wildman–Crippen LogP) is 2.73. The summed E-state index contributed by atoms with van der Waals surface area (Å²) in [5.41, 5.74) is -1.91. The van der Waals surface area contributed by atoms with Crippen LogP contribution in [-0.4, -0.2) is 31.3 Å². The fraction of sp³-hybridized carbons (Fsp3) is 0.375. The summed E-state index contributed by atoms with van der Waals surface area (Å²) < 4.78 is 50.5. The molecule has 1 N–H and O–H groups in total. The van der Waals surface area contributed by atoms with Gasteiger partial charge in [0.05, 0.1) is 5.75 Å². The number of hydrogen-bond acceptors (Lipinski definition) is 6. The van der Waals surface area contributed by atoms with Gasteiger partial charge in [0.25, 0.3) is 5.78 Å². The molecular formula is C16H16BrClFNO6S. The molecule has 1 heterocycles. The van der Waals surface area contributed by atoms with Crippen LogP contribution in [-0.2, 0) is 34.7 Å². The lowest BCUT2D eigenvalue weighted by atomic mass is 9.91. The lowest BCUT2D eigenvalue weighted by molar-refractivity contribution is -0.142. The van der Waals surface area contributed by atoms with Crippen LogP contribution < -0.4 is 4.72 Å². The Bertz CT molecular complexity index is 919. The van der Waals surface area contributed by atoms with Gasteiger partial charge in [-0.25, -0.2) is 12.8 Å². The fourth-order valence-electron chi connectivity index (χ4n) is 2.40. The Morgan fingerprint density at radius 3 is 2.70 bits per heavy atom. The molecule has 1 atom stereocenters. The van der Waals surface area contributed by atoms with E-state index in [0.717, 1.165) is 19.1 Å². The van der Waals surface area contributed by atoms with Crippen molar-refractivity contribution in [3.05, 3.63) is 46.2 Å². The smallest absolute Gasteiger partial charge is 0.308 e. The van der Waals surface area contributed by atoms with E-state index in [1.165, 1.54) is 13.0 Å². The summed E-state index contributed by atoms with van der Waals surface area (Å²) in [7, 11) is -3.88. The molecule has 27 heavy (non-hydrogen) atoms. The number of ketones is 1. The Balaban J connectivity index is 2.47. The number of esters is 1. The van der Waals surface area contributed by atoms with Crippen molar-refractivity contribution in [2.24, 2.45) is 0 Å². The maximum absolute atomic E-state index is 13.7. The Morgan fingerprint density at radius 2 is 2.11 bits per heavy atom. The molecule has 1 unspecified atom stereocenters. The summed E-state index contributed by atoms with van der Waals surface area (Å²) >= 11 is 9.19. The molecule has 2 rings (SSSR count). The van der Waals surface area contributed by atoms with Gasteiger partial charge < -0.3 is 9.47 Å². The minimum atomic E-state index is -3.88. The van der Waals surface area contributed by atoms with Gasteiger partial charge in [0.2, 0.25) is 27.3 Å². The first-order chi connectivity index (χ1) is 12.5. The Hall–Kier alpha value is -1.65. The molecule has 0 amide bonds. The first-order valence-corrected chi connectivity index (χ1v) is 10.8. The van der Waals surface area contributed by atoms with Gasteiger partial charge in [-0.3, -0.25) is 14.3 Å². The van der Waals surface area contributed by atoms with Crippen molar-refractivity contribution in [3.8, 4) is 0 Å². The van der Waals surface area contributed by atoms with Crippen LogP contribution in [0.2, 0.25) is 5.02 Å². The zero-order valence-corrected chi connectivity index (χ0v) is 17.5. The third kappa shape index (κ3) is 4.80. The molecule has 148 valence electrons. The topological polar surface area (TPSA) is 98.8 Å². The van der Waals surface area contributed by atoms with E-state index in [9.17, 15) is 22.4 Å². The number of benzene rings is 1. The molecule has 1 aromatic rings. The lowest BCUT2D eigenvalue weighted by Crippen LogP contribution is -2.33. The summed E-state index contributed by atoms with van der Waals surface area (Å²) in [4.78, 5) is 24.2. The van der Waals surface area contributed by atoms with Gasteiger partial charge in [0.15, 0.2) is 0 Å². The number of sulfonamides is 1. The van der Waals surface area contributed by atoms with Gasteiger partial charge in [-0.1, -0.05) is 27.5 Å². The van der Waals surface area contributed by atoms with Gasteiger partial charge in [-0.05, 0) is 31.5 Å². The average Bonchev–Trinajstić information content (AvgIpc) is 2.79. The highest BCUT2D eigenvalue weighted by Gasteiger charge is 2.51. The van der Waals surface area contributed by atoms with Gasteiger partial charge in [0, 0.05) is 22.8 Å². The molecule has 0 bridgehead atoms. The number of carbonyl (C=O) groups excluding carboxylic acids is 2. The van der Waals surface area contributed by atoms with Crippen molar-refractivity contribution in [3.63, 3.8) is 0 Å². The molecule has 1 aliphatic heterocycles. The van der Waals surface area contributed by atoms with Crippen LogP contribution >= 0.6 is 27.5 Å². The summed E-state index contributed by atoms with van der Waals surface area (Å²) in [5, 5.41) is 0.470. The second kappa shape index (κ2) is 8.15. The first-order valence-electron chi connectivity index (χ1n) is 7.68. The Morgan fingerprint density at radius 1 is 1.44 bits per heavy atom. The van der Waals surface area contributed by atoms with Gasteiger partial charge in [-0.2, -0.15) is 0 Å². The number of alkyl halides is 1. The second-order valence-electron chi connectivity index (χ2n) is 5.80. The monoisotopic (exact) mass is 483 g/mol. The standard InChI is InChI=1S/C16H16BrClFNO6S/c1-9(21)25-13-14(22)16(2,11-8-10(19)4-5-12(11)18)26-15(13)20-27(23,24)7-3-6-17/h4-5,8,20H,3,6-7H2,1-2H3. The molecular weight excluding hydrogens is 469 g/mol. The van der Waals surface area contributed by atoms with E-state index < -0.39 is 44.8 Å². The molecule has 1 aliphatic rings. The zero-order valence-electron chi connectivity index (χ0n) is 14.3. The van der Waals surface area contributed by atoms with Crippen molar-refractivity contribution in [1.82, 2.24) is 4.72 Å². The molecule has 0 saturated carbocycles. The summed E-state index contributed by atoms with van der Waals surface area (Å²) in [5.74, 6) is -3.82. The Kier molecular flexibility index (Phi) is 6.54. The van der Waals surface area contributed by atoms with Gasteiger partial charge >= 0.3 is 5.97 Å². The van der Waals surface area contributed by atoms with Crippen LogP contribution in [0.3, 0.4) is 0 Å². The Labute approximate surface area is 169 Å².